The van der Waals surface area contributed by atoms with Crippen molar-refractivity contribution in [2.75, 3.05) is 13.2 Å². The van der Waals surface area contributed by atoms with Gasteiger partial charge in [-0.1, -0.05) is 5.16 Å². The fourth-order valence-electron chi connectivity index (χ4n) is 2.18. The number of halogens is 2. The Morgan fingerprint density at radius 2 is 2.04 bits per heavy atom. The molecule has 0 saturated carbocycles. The van der Waals surface area contributed by atoms with Crippen LogP contribution in [0.25, 0.3) is 0 Å². The maximum Gasteiger partial charge on any atom is 0.289 e. The molecule has 2 rings (SSSR count). The minimum absolute atomic E-state index is 0.0492. The zero-order chi connectivity index (χ0) is 19.8. The standard InChI is InChI=1S/C18H20F2N2O5/c1-11-8-17(27-22-11)18(25)21-7-6-12(23)2-3-13(24)10-26-14-4-5-15(19)16(20)9-14/h4-5,8-9,12,23H,2-3,6-7,10H2,1H3,(H,21,25). The normalized spacial score (nSPS) is 11.9. The van der Waals surface area contributed by atoms with E-state index in [0.717, 1.165) is 12.1 Å². The zero-order valence-corrected chi connectivity index (χ0v) is 14.7. The van der Waals surface area contributed by atoms with Crippen LogP contribution in [0.1, 0.15) is 35.5 Å². The number of aliphatic hydroxyl groups is 1. The molecule has 0 aliphatic carbocycles. The molecule has 1 atom stereocenters. The van der Waals surface area contributed by atoms with Crippen molar-refractivity contribution in [3.8, 4) is 5.75 Å². The molecule has 27 heavy (non-hydrogen) atoms. The first-order valence-electron chi connectivity index (χ1n) is 8.34. The smallest absolute Gasteiger partial charge is 0.289 e. The van der Waals surface area contributed by atoms with Crippen molar-refractivity contribution >= 4 is 11.7 Å². The van der Waals surface area contributed by atoms with Gasteiger partial charge < -0.3 is 19.7 Å². The van der Waals surface area contributed by atoms with Crippen LogP contribution in [0.4, 0.5) is 8.78 Å². The number of ether oxygens (including phenoxy) is 1. The zero-order valence-electron chi connectivity index (χ0n) is 14.7. The van der Waals surface area contributed by atoms with Crippen LogP contribution in [-0.2, 0) is 4.79 Å². The van der Waals surface area contributed by atoms with Gasteiger partial charge >= 0.3 is 0 Å². The van der Waals surface area contributed by atoms with E-state index in [0.29, 0.717) is 5.69 Å². The molecule has 0 radical (unpaired) electrons. The molecule has 7 nitrogen and oxygen atoms in total. The quantitative estimate of drug-likeness (QED) is 0.653. The van der Waals surface area contributed by atoms with Crippen LogP contribution in [0, 0.1) is 18.6 Å². The Bertz CT molecular complexity index is 794. The average molecular weight is 382 g/mol. The first kappa shape index (κ1) is 20.5. The second-order valence-corrected chi connectivity index (χ2v) is 5.97. The monoisotopic (exact) mass is 382 g/mol. The molecule has 0 aliphatic heterocycles. The van der Waals surface area contributed by atoms with Crippen LogP contribution >= 0.6 is 0 Å². The van der Waals surface area contributed by atoms with E-state index in [4.69, 9.17) is 9.26 Å². The second kappa shape index (κ2) is 9.77. The van der Waals surface area contributed by atoms with E-state index in [-0.39, 0.29) is 49.7 Å². The summed E-state index contributed by atoms with van der Waals surface area (Å²) in [6, 6.07) is 4.49. The number of carbonyl (C=O) groups excluding carboxylic acids is 2. The van der Waals surface area contributed by atoms with Crippen molar-refractivity contribution in [3.63, 3.8) is 0 Å². The SMILES string of the molecule is Cc1cc(C(=O)NCCC(O)CCC(=O)COc2ccc(F)c(F)c2)on1. The first-order valence-corrected chi connectivity index (χ1v) is 8.34. The third-order valence-electron chi connectivity index (χ3n) is 3.66. The third kappa shape index (κ3) is 6.78. The maximum atomic E-state index is 13.0. The number of amides is 1. The summed E-state index contributed by atoms with van der Waals surface area (Å²) in [5.74, 6) is -2.64. The molecule has 1 aromatic heterocycles. The summed E-state index contributed by atoms with van der Waals surface area (Å²) < 4.78 is 35.7. The molecule has 146 valence electrons. The Morgan fingerprint density at radius 3 is 2.70 bits per heavy atom. The van der Waals surface area contributed by atoms with Gasteiger partial charge in [0, 0.05) is 25.1 Å². The largest absolute Gasteiger partial charge is 0.486 e. The Morgan fingerprint density at radius 1 is 1.26 bits per heavy atom. The molecule has 0 fully saturated rings. The van der Waals surface area contributed by atoms with Gasteiger partial charge in [-0.05, 0) is 31.9 Å². The lowest BCUT2D eigenvalue weighted by molar-refractivity contribution is -0.121. The number of nitrogens with one attached hydrogen (secondary N) is 1. The summed E-state index contributed by atoms with van der Waals surface area (Å²) in [6.07, 6.45) is -0.276. The van der Waals surface area contributed by atoms with Crippen LogP contribution in [-0.4, -0.2) is 41.2 Å². The Hall–Kier alpha value is -2.81. The first-order chi connectivity index (χ1) is 12.8. The van der Waals surface area contributed by atoms with Gasteiger partial charge in [-0.15, -0.1) is 0 Å². The minimum atomic E-state index is -1.06. The van der Waals surface area contributed by atoms with Gasteiger partial charge in [0.25, 0.3) is 5.91 Å². The maximum absolute atomic E-state index is 13.0. The fourth-order valence-corrected chi connectivity index (χ4v) is 2.18. The summed E-state index contributed by atoms with van der Waals surface area (Å²) in [7, 11) is 0. The molecular formula is C18H20F2N2O5. The molecule has 0 bridgehead atoms. The van der Waals surface area contributed by atoms with Crippen LogP contribution in [0.15, 0.2) is 28.8 Å². The number of benzene rings is 1. The van der Waals surface area contributed by atoms with E-state index in [9.17, 15) is 23.5 Å². The molecule has 0 saturated heterocycles. The number of carbonyl (C=O) groups is 2. The van der Waals surface area contributed by atoms with E-state index in [1.807, 2.05) is 0 Å². The Kier molecular flexibility index (Phi) is 7.42. The van der Waals surface area contributed by atoms with Crippen LogP contribution < -0.4 is 10.1 Å². The molecule has 0 aliphatic rings. The minimum Gasteiger partial charge on any atom is -0.486 e. The number of nitrogens with zero attached hydrogens (tertiary/aromatic N) is 1. The van der Waals surface area contributed by atoms with Gasteiger partial charge in [0.1, 0.15) is 12.4 Å². The van der Waals surface area contributed by atoms with Crippen LogP contribution in [0.2, 0.25) is 0 Å². The van der Waals surface area contributed by atoms with Crippen molar-refractivity contribution < 1.29 is 32.7 Å². The number of rotatable bonds is 10. The van der Waals surface area contributed by atoms with Gasteiger partial charge in [-0.25, -0.2) is 8.78 Å². The van der Waals surface area contributed by atoms with E-state index < -0.39 is 23.6 Å². The van der Waals surface area contributed by atoms with E-state index >= 15 is 0 Å². The van der Waals surface area contributed by atoms with E-state index in [1.54, 1.807) is 6.92 Å². The predicted molar refractivity (Wildman–Crippen MR) is 90.3 cm³/mol. The van der Waals surface area contributed by atoms with Gasteiger partial charge in [-0.3, -0.25) is 9.59 Å². The van der Waals surface area contributed by atoms with Crippen LogP contribution in [0.3, 0.4) is 0 Å². The van der Waals surface area contributed by atoms with Crippen molar-refractivity contribution in [1.82, 2.24) is 10.5 Å². The van der Waals surface area contributed by atoms with Crippen molar-refractivity contribution in [3.05, 3.63) is 47.4 Å². The van der Waals surface area contributed by atoms with E-state index in [1.165, 1.54) is 12.1 Å². The summed E-state index contributed by atoms with van der Waals surface area (Å²) in [5, 5.41) is 16.0. The lowest BCUT2D eigenvalue weighted by atomic mass is 10.1. The molecule has 1 unspecified atom stereocenters. The molecule has 9 heteroatoms. The molecular weight excluding hydrogens is 362 g/mol. The fraction of sp³-hybridized carbons (Fsp3) is 0.389. The highest BCUT2D eigenvalue weighted by Crippen LogP contribution is 2.15. The summed E-state index contributed by atoms with van der Waals surface area (Å²) in [5.41, 5.74) is 0.587. The molecule has 1 aromatic carbocycles. The lowest BCUT2D eigenvalue weighted by Gasteiger charge is -2.11. The third-order valence-corrected chi connectivity index (χ3v) is 3.66. The van der Waals surface area contributed by atoms with E-state index in [2.05, 4.69) is 10.5 Å². The van der Waals surface area contributed by atoms with Crippen molar-refractivity contribution in [2.24, 2.45) is 0 Å². The van der Waals surface area contributed by atoms with Gasteiger partial charge in [0.05, 0.1) is 11.8 Å². The highest BCUT2D eigenvalue weighted by atomic mass is 19.2. The molecule has 2 aromatic rings. The molecule has 2 N–H and O–H groups in total. The molecule has 0 spiro atoms. The summed E-state index contributed by atoms with van der Waals surface area (Å²) in [6.45, 7) is 1.59. The number of ketones is 1. The average Bonchev–Trinajstić information content (AvgIpc) is 3.07. The van der Waals surface area contributed by atoms with Gasteiger partial charge in [-0.2, -0.15) is 0 Å². The number of aryl methyl sites for hydroxylation is 1. The lowest BCUT2D eigenvalue weighted by Crippen LogP contribution is -2.27. The van der Waals surface area contributed by atoms with Crippen molar-refractivity contribution in [2.45, 2.75) is 32.3 Å². The number of hydrogen-bond acceptors (Lipinski definition) is 6. The van der Waals surface area contributed by atoms with Crippen molar-refractivity contribution in [1.29, 1.82) is 0 Å². The molecule has 1 amide bonds. The number of Topliss-reactive ketones (excluding diaryl/α,β-unsaturated/α-hetero) is 1. The van der Waals surface area contributed by atoms with Crippen LogP contribution in [0.5, 0.6) is 5.75 Å². The number of aromatic nitrogens is 1. The number of hydrogen-bond donors (Lipinski definition) is 2. The predicted octanol–water partition coefficient (Wildman–Crippen LogP) is 2.17. The van der Waals surface area contributed by atoms with Gasteiger partial charge in [0.15, 0.2) is 17.4 Å². The topological polar surface area (TPSA) is 102 Å². The summed E-state index contributed by atoms with van der Waals surface area (Å²) in [4.78, 5) is 23.5. The molecule has 1 heterocycles. The Balaban J connectivity index is 1.61. The highest BCUT2D eigenvalue weighted by Gasteiger charge is 2.13. The van der Waals surface area contributed by atoms with Gasteiger partial charge in [0.2, 0.25) is 5.76 Å². The number of aliphatic hydroxyl groups excluding tert-OH is 1. The summed E-state index contributed by atoms with van der Waals surface area (Å²) >= 11 is 0. The Labute approximate surface area is 154 Å². The highest BCUT2D eigenvalue weighted by molar-refractivity contribution is 5.91. The second-order valence-electron chi connectivity index (χ2n) is 5.97.